The zero-order valence-corrected chi connectivity index (χ0v) is 21.7. The average Bonchev–Trinajstić information content (AvgIpc) is 3.31. The van der Waals surface area contributed by atoms with Gasteiger partial charge >= 0.3 is 6.09 Å². The van der Waals surface area contributed by atoms with E-state index in [0.29, 0.717) is 36.4 Å². The first-order valence-corrected chi connectivity index (χ1v) is 13.1. The molecule has 4 aromatic rings. The van der Waals surface area contributed by atoms with Crippen molar-refractivity contribution in [1.82, 2.24) is 14.8 Å². The van der Waals surface area contributed by atoms with Crippen molar-refractivity contribution in [3.8, 4) is 22.4 Å². The number of halogens is 4. The minimum atomic E-state index is -5.12. The molecule has 204 valence electrons. The Balaban J connectivity index is 2.05. The Kier molecular flexibility index (Phi) is 7.72. The van der Waals surface area contributed by atoms with E-state index in [4.69, 9.17) is 4.74 Å². The van der Waals surface area contributed by atoms with Crippen LogP contribution in [0.5, 0.6) is 0 Å². The summed E-state index contributed by atoms with van der Waals surface area (Å²) in [7, 11) is -5.12. The van der Waals surface area contributed by atoms with Gasteiger partial charge in [0.15, 0.2) is 11.6 Å². The Hall–Kier alpha value is -4.26. The van der Waals surface area contributed by atoms with Crippen molar-refractivity contribution in [2.45, 2.75) is 43.2 Å². The second-order valence-corrected chi connectivity index (χ2v) is 10.5. The predicted octanol–water partition coefficient (Wildman–Crippen LogP) is 5.98. The van der Waals surface area contributed by atoms with Gasteiger partial charge in [-0.2, -0.15) is 5.10 Å². The number of aryl methyl sites for hydroxylation is 1. The maximum absolute atomic E-state index is 16.1. The Morgan fingerprint density at radius 1 is 1.03 bits per heavy atom. The van der Waals surface area contributed by atoms with E-state index in [0.717, 1.165) is 0 Å². The van der Waals surface area contributed by atoms with Crippen LogP contribution in [-0.2, 0) is 21.1 Å². The number of pyridine rings is 1. The molecule has 0 fully saturated rings. The molecule has 0 aliphatic heterocycles. The number of hydrogen-bond acceptors (Lipinski definition) is 6. The fraction of sp³-hybridized carbons (Fsp3) is 0.192. The highest BCUT2D eigenvalue weighted by Crippen LogP contribution is 2.40. The number of rotatable bonds is 7. The first-order valence-electron chi connectivity index (χ1n) is 11.6. The van der Waals surface area contributed by atoms with Crippen LogP contribution in [0.4, 0.5) is 28.0 Å². The van der Waals surface area contributed by atoms with Gasteiger partial charge in [0.25, 0.3) is 0 Å². The number of benzene rings is 2. The number of hydrogen-bond donors (Lipinski definition) is 1. The second kappa shape index (κ2) is 10.8. The summed E-state index contributed by atoms with van der Waals surface area (Å²) in [4.78, 5) is 13.8. The van der Waals surface area contributed by atoms with Gasteiger partial charge < -0.3 is 4.74 Å². The van der Waals surface area contributed by atoms with E-state index in [9.17, 15) is 22.0 Å². The molecule has 0 saturated carbocycles. The predicted molar refractivity (Wildman–Crippen MR) is 134 cm³/mol. The number of sulfone groups is 1. The van der Waals surface area contributed by atoms with E-state index >= 15 is 8.78 Å². The van der Waals surface area contributed by atoms with Crippen LogP contribution in [0.15, 0.2) is 64.8 Å². The van der Waals surface area contributed by atoms with E-state index in [1.54, 1.807) is 19.1 Å². The molecule has 2 heterocycles. The second-order valence-electron chi connectivity index (χ2n) is 8.57. The Morgan fingerprint density at radius 2 is 1.72 bits per heavy atom. The maximum atomic E-state index is 16.1. The molecular weight excluding hydrogens is 540 g/mol. The molecule has 0 aliphatic rings. The van der Waals surface area contributed by atoms with Crippen LogP contribution in [0.3, 0.4) is 0 Å². The molecular formula is C26H22F4N4O4S. The van der Waals surface area contributed by atoms with E-state index in [1.165, 1.54) is 37.1 Å². The lowest BCUT2D eigenvalue weighted by Crippen LogP contribution is -2.20. The van der Waals surface area contributed by atoms with E-state index in [2.05, 4.69) is 15.4 Å². The van der Waals surface area contributed by atoms with Crippen molar-refractivity contribution in [1.29, 1.82) is 0 Å². The van der Waals surface area contributed by atoms with Gasteiger partial charge in [-0.15, -0.1) is 0 Å². The number of aromatic nitrogens is 3. The molecule has 13 heteroatoms. The summed E-state index contributed by atoms with van der Waals surface area (Å²) in [6, 6.07) is 5.22. The maximum Gasteiger partial charge on any atom is 0.411 e. The van der Waals surface area contributed by atoms with Gasteiger partial charge in [-0.25, -0.2) is 30.8 Å². The largest absolute Gasteiger partial charge is 0.447 e. The molecule has 4 rings (SSSR count). The zero-order chi connectivity index (χ0) is 28.5. The normalized spacial score (nSPS) is 11.6. The summed E-state index contributed by atoms with van der Waals surface area (Å²) in [5, 5.41) is 6.31. The third-order valence-corrected chi connectivity index (χ3v) is 7.30. The SMILES string of the molecule is CCn1cc(-c2ccncc2)c(-c2c(F)c(NC(=O)OC(C)C)cc(S(=O)(=O)c3cc(F)ccc3F)c2F)n1. The van der Waals surface area contributed by atoms with Crippen LogP contribution in [0.2, 0.25) is 0 Å². The van der Waals surface area contributed by atoms with Crippen LogP contribution in [0.1, 0.15) is 20.8 Å². The third kappa shape index (κ3) is 5.48. The van der Waals surface area contributed by atoms with E-state index in [-0.39, 0.29) is 11.3 Å². The monoisotopic (exact) mass is 562 g/mol. The molecule has 2 aromatic heterocycles. The molecule has 1 N–H and O–H groups in total. The van der Waals surface area contributed by atoms with Gasteiger partial charge in [-0.3, -0.25) is 15.0 Å². The molecule has 39 heavy (non-hydrogen) atoms. The van der Waals surface area contributed by atoms with Crippen molar-refractivity contribution >= 4 is 21.6 Å². The molecule has 1 amide bonds. The summed E-state index contributed by atoms with van der Waals surface area (Å²) in [6.45, 7) is 5.06. The minimum absolute atomic E-state index is 0.222. The molecule has 8 nitrogen and oxygen atoms in total. The van der Waals surface area contributed by atoms with Crippen LogP contribution >= 0.6 is 0 Å². The highest BCUT2D eigenvalue weighted by Gasteiger charge is 2.33. The molecule has 0 radical (unpaired) electrons. The number of ether oxygens (including phenoxy) is 1. The lowest BCUT2D eigenvalue weighted by Gasteiger charge is -2.16. The Morgan fingerprint density at radius 3 is 2.36 bits per heavy atom. The van der Waals surface area contributed by atoms with Gasteiger partial charge in [0, 0.05) is 30.7 Å². The summed E-state index contributed by atoms with van der Waals surface area (Å²) < 4.78 is 93.6. The molecule has 2 aromatic carbocycles. The fourth-order valence-corrected chi connectivity index (χ4v) is 5.21. The summed E-state index contributed by atoms with van der Waals surface area (Å²) in [5.41, 5.74) is -1.31. The molecule has 0 aliphatic carbocycles. The Bertz CT molecular complexity index is 1660. The van der Waals surface area contributed by atoms with Gasteiger partial charge in [0.2, 0.25) is 9.84 Å². The molecule has 0 saturated heterocycles. The quantitative estimate of drug-likeness (QED) is 0.220. The smallest absolute Gasteiger partial charge is 0.411 e. The molecule has 0 bridgehead atoms. The fourth-order valence-electron chi connectivity index (χ4n) is 3.77. The summed E-state index contributed by atoms with van der Waals surface area (Å²) in [6.07, 6.45) is 2.60. The minimum Gasteiger partial charge on any atom is -0.447 e. The standard InChI is InChI=1S/C26H22F4N4O4S/c1-4-34-13-17(15-7-9-31-10-8-15)25(33-34)22-23(29)19(32-26(35)38-14(2)3)12-21(24(22)30)39(36,37)20-11-16(27)5-6-18(20)28/h5-14H,4H2,1-3H3,(H,32,35). The van der Waals surface area contributed by atoms with Gasteiger partial charge in [0.1, 0.15) is 27.1 Å². The first-order chi connectivity index (χ1) is 18.4. The number of amides is 1. The van der Waals surface area contributed by atoms with Crippen LogP contribution in [0, 0.1) is 23.3 Å². The number of carbonyl (C=O) groups is 1. The van der Waals surface area contributed by atoms with E-state index in [1.807, 2.05) is 0 Å². The average molecular weight is 563 g/mol. The summed E-state index contributed by atoms with van der Waals surface area (Å²) >= 11 is 0. The number of nitrogens with one attached hydrogen (secondary N) is 1. The van der Waals surface area contributed by atoms with Gasteiger partial charge in [-0.1, -0.05) is 0 Å². The third-order valence-electron chi connectivity index (χ3n) is 5.53. The lowest BCUT2D eigenvalue weighted by molar-refractivity contribution is 0.130. The van der Waals surface area contributed by atoms with Crippen LogP contribution < -0.4 is 5.32 Å². The molecule has 0 unspecified atom stereocenters. The van der Waals surface area contributed by atoms with Crippen molar-refractivity contribution in [2.24, 2.45) is 0 Å². The van der Waals surface area contributed by atoms with Gasteiger partial charge in [-0.05, 0) is 62.7 Å². The number of anilines is 1. The van der Waals surface area contributed by atoms with E-state index < -0.39 is 66.3 Å². The summed E-state index contributed by atoms with van der Waals surface area (Å²) in [5.74, 6) is -5.43. The van der Waals surface area contributed by atoms with Crippen molar-refractivity contribution in [3.05, 3.63) is 78.3 Å². The van der Waals surface area contributed by atoms with Crippen LogP contribution in [0.25, 0.3) is 22.4 Å². The topological polar surface area (TPSA) is 103 Å². The van der Waals surface area contributed by atoms with Gasteiger partial charge in [0.05, 0.1) is 17.4 Å². The highest BCUT2D eigenvalue weighted by atomic mass is 32.2. The Labute approximate surface area is 221 Å². The first kappa shape index (κ1) is 27.8. The number of carbonyl (C=O) groups excluding carboxylic acids is 1. The lowest BCUT2D eigenvalue weighted by atomic mass is 10.0. The number of nitrogens with zero attached hydrogens (tertiary/aromatic N) is 3. The van der Waals surface area contributed by atoms with Crippen LogP contribution in [-0.4, -0.2) is 35.4 Å². The molecule has 0 atom stereocenters. The van der Waals surface area contributed by atoms with Crippen molar-refractivity contribution in [2.75, 3.05) is 5.32 Å². The highest BCUT2D eigenvalue weighted by molar-refractivity contribution is 7.91. The van der Waals surface area contributed by atoms with Crippen molar-refractivity contribution in [3.63, 3.8) is 0 Å². The zero-order valence-electron chi connectivity index (χ0n) is 20.9. The molecule has 0 spiro atoms. The van der Waals surface area contributed by atoms with Crippen molar-refractivity contribution < 1.29 is 35.5 Å².